The lowest BCUT2D eigenvalue weighted by Crippen LogP contribution is -2.66. The van der Waals surface area contributed by atoms with Gasteiger partial charge in [-0.05, 0) is 45.3 Å². The zero-order valence-electron chi connectivity index (χ0n) is 16.6. The van der Waals surface area contributed by atoms with Crippen LogP contribution in [0.5, 0.6) is 0 Å². The highest BCUT2D eigenvalue weighted by molar-refractivity contribution is 5.91. The number of amides is 2. The van der Waals surface area contributed by atoms with Crippen LogP contribution >= 0.6 is 0 Å². The second-order valence-electron chi connectivity index (χ2n) is 8.74. The van der Waals surface area contributed by atoms with E-state index in [1.165, 1.54) is 18.4 Å². The molecule has 1 saturated carbocycles. The number of nitrogens with zero attached hydrogens (tertiary/aromatic N) is 3. The van der Waals surface area contributed by atoms with Gasteiger partial charge in [-0.2, -0.15) is 0 Å². The highest BCUT2D eigenvalue weighted by Crippen LogP contribution is 2.60. The van der Waals surface area contributed by atoms with Crippen molar-refractivity contribution in [1.29, 1.82) is 0 Å². The molecule has 2 saturated heterocycles. The molecule has 146 valence electrons. The quantitative estimate of drug-likeness (QED) is 0.767. The van der Waals surface area contributed by atoms with Gasteiger partial charge in [0.25, 0.3) is 0 Å². The number of benzene rings is 1. The number of likely N-dealkylation sites (tertiary alicyclic amines) is 2. The number of rotatable bonds is 4. The smallest absolute Gasteiger partial charge is 0.236 e. The van der Waals surface area contributed by atoms with Crippen LogP contribution in [0.2, 0.25) is 0 Å². The molecule has 0 bridgehead atoms. The standard InChI is InChI=1S/C22H31N3O2/c1-23(2)16-19(26)24-14-10-18(11-15-24)25-20(17-8-4-3-5-9-17)22(21(25)27)12-6-7-13-22/h3-5,8-9,18,20H,6-7,10-16H2,1-2H3. The van der Waals surface area contributed by atoms with Crippen LogP contribution in [0.1, 0.15) is 50.1 Å². The molecule has 2 aliphatic heterocycles. The van der Waals surface area contributed by atoms with Crippen LogP contribution in [0, 0.1) is 5.41 Å². The van der Waals surface area contributed by atoms with E-state index >= 15 is 0 Å². The van der Waals surface area contributed by atoms with Gasteiger partial charge in [0.05, 0.1) is 18.0 Å². The third kappa shape index (κ3) is 3.16. The van der Waals surface area contributed by atoms with E-state index in [2.05, 4.69) is 29.2 Å². The molecule has 1 aromatic carbocycles. The Balaban J connectivity index is 1.48. The molecule has 0 aromatic heterocycles. The molecular weight excluding hydrogens is 338 g/mol. The molecule has 0 N–H and O–H groups in total. The molecule has 0 radical (unpaired) electrons. The van der Waals surface area contributed by atoms with Gasteiger partial charge in [-0.1, -0.05) is 43.2 Å². The molecule has 3 fully saturated rings. The molecule has 2 heterocycles. The first-order chi connectivity index (χ1) is 13.0. The first kappa shape index (κ1) is 18.5. The number of piperidine rings is 1. The van der Waals surface area contributed by atoms with Gasteiger partial charge in [-0.25, -0.2) is 0 Å². The van der Waals surface area contributed by atoms with Crippen molar-refractivity contribution in [3.05, 3.63) is 35.9 Å². The third-order valence-corrected chi connectivity index (χ3v) is 6.74. The summed E-state index contributed by atoms with van der Waals surface area (Å²) < 4.78 is 0. The number of carbonyl (C=O) groups is 2. The number of β-lactam (4-membered cyclic amide) rings is 1. The van der Waals surface area contributed by atoms with E-state index in [9.17, 15) is 9.59 Å². The molecule has 1 aromatic rings. The summed E-state index contributed by atoms with van der Waals surface area (Å²) in [7, 11) is 3.85. The van der Waals surface area contributed by atoms with Gasteiger partial charge in [-0.3, -0.25) is 9.59 Å². The molecule has 1 aliphatic carbocycles. The lowest BCUT2D eigenvalue weighted by Gasteiger charge is -2.59. The largest absolute Gasteiger partial charge is 0.341 e. The normalized spacial score (nSPS) is 25.3. The second kappa shape index (κ2) is 7.27. The summed E-state index contributed by atoms with van der Waals surface area (Å²) in [6, 6.07) is 11.1. The van der Waals surface area contributed by atoms with Gasteiger partial charge >= 0.3 is 0 Å². The summed E-state index contributed by atoms with van der Waals surface area (Å²) in [6.07, 6.45) is 6.18. The Kier molecular flexibility index (Phi) is 4.97. The minimum absolute atomic E-state index is 0.154. The summed E-state index contributed by atoms with van der Waals surface area (Å²) in [6.45, 7) is 1.98. The van der Waals surface area contributed by atoms with Gasteiger partial charge < -0.3 is 14.7 Å². The number of hydrogen-bond acceptors (Lipinski definition) is 3. The number of carbonyl (C=O) groups excluding carboxylic acids is 2. The van der Waals surface area contributed by atoms with Crippen molar-refractivity contribution in [3.63, 3.8) is 0 Å². The van der Waals surface area contributed by atoms with Crippen molar-refractivity contribution in [3.8, 4) is 0 Å². The molecule has 2 amide bonds. The van der Waals surface area contributed by atoms with Gasteiger partial charge in [0.15, 0.2) is 0 Å². The minimum atomic E-state index is -0.154. The maximum absolute atomic E-state index is 13.3. The van der Waals surface area contributed by atoms with E-state index in [1.807, 2.05) is 30.0 Å². The predicted octanol–water partition coefficient (Wildman–Crippen LogP) is 2.68. The minimum Gasteiger partial charge on any atom is -0.341 e. The first-order valence-corrected chi connectivity index (χ1v) is 10.3. The lowest BCUT2D eigenvalue weighted by molar-refractivity contribution is -0.181. The molecule has 5 nitrogen and oxygen atoms in total. The summed E-state index contributed by atoms with van der Waals surface area (Å²) in [5, 5.41) is 0. The van der Waals surface area contributed by atoms with Crippen LogP contribution < -0.4 is 0 Å². The molecule has 4 rings (SSSR count). The maximum Gasteiger partial charge on any atom is 0.236 e. The number of likely N-dealkylation sites (N-methyl/N-ethyl adjacent to an activating group) is 1. The Morgan fingerprint density at radius 3 is 2.33 bits per heavy atom. The van der Waals surface area contributed by atoms with Crippen molar-refractivity contribution in [2.45, 2.75) is 50.6 Å². The van der Waals surface area contributed by atoms with Crippen LogP contribution in [-0.4, -0.2) is 66.3 Å². The summed E-state index contributed by atoms with van der Waals surface area (Å²) in [5.41, 5.74) is 1.13. The van der Waals surface area contributed by atoms with E-state index in [0.29, 0.717) is 12.5 Å². The molecule has 3 aliphatic rings. The van der Waals surface area contributed by atoms with E-state index in [4.69, 9.17) is 0 Å². The predicted molar refractivity (Wildman–Crippen MR) is 105 cm³/mol. The van der Waals surface area contributed by atoms with Crippen molar-refractivity contribution in [2.24, 2.45) is 5.41 Å². The maximum atomic E-state index is 13.3. The summed E-state index contributed by atoms with van der Waals surface area (Å²) >= 11 is 0. The average molecular weight is 370 g/mol. The van der Waals surface area contributed by atoms with Crippen LogP contribution in [0.3, 0.4) is 0 Å². The molecule has 1 unspecified atom stereocenters. The molecule has 27 heavy (non-hydrogen) atoms. The third-order valence-electron chi connectivity index (χ3n) is 6.74. The highest BCUT2D eigenvalue weighted by atomic mass is 16.2. The molecular formula is C22H31N3O2. The van der Waals surface area contributed by atoms with E-state index in [-0.39, 0.29) is 23.4 Å². The lowest BCUT2D eigenvalue weighted by atomic mass is 9.65. The average Bonchev–Trinajstić information content (AvgIpc) is 3.18. The van der Waals surface area contributed by atoms with Gasteiger partial charge in [0.2, 0.25) is 11.8 Å². The van der Waals surface area contributed by atoms with Crippen molar-refractivity contribution in [2.75, 3.05) is 33.7 Å². The SMILES string of the molecule is CN(C)CC(=O)N1CCC(N2C(=O)C3(CCCC3)C2c2ccccc2)CC1. The van der Waals surface area contributed by atoms with Crippen molar-refractivity contribution >= 4 is 11.8 Å². The molecule has 1 spiro atoms. The Morgan fingerprint density at radius 2 is 1.74 bits per heavy atom. The van der Waals surface area contributed by atoms with Gasteiger partial charge in [-0.15, -0.1) is 0 Å². The molecule has 5 heteroatoms. The van der Waals surface area contributed by atoms with Crippen LogP contribution in [0.25, 0.3) is 0 Å². The Hall–Kier alpha value is -1.88. The van der Waals surface area contributed by atoms with E-state index in [0.717, 1.165) is 38.8 Å². The van der Waals surface area contributed by atoms with E-state index < -0.39 is 0 Å². The molecule has 1 atom stereocenters. The fraction of sp³-hybridized carbons (Fsp3) is 0.636. The summed E-state index contributed by atoms with van der Waals surface area (Å²) in [4.78, 5) is 31.7. The van der Waals surface area contributed by atoms with E-state index in [1.54, 1.807) is 0 Å². The first-order valence-electron chi connectivity index (χ1n) is 10.3. The van der Waals surface area contributed by atoms with Crippen molar-refractivity contribution < 1.29 is 9.59 Å². The van der Waals surface area contributed by atoms with Gasteiger partial charge in [0, 0.05) is 19.1 Å². The van der Waals surface area contributed by atoms with Crippen LogP contribution in [0.15, 0.2) is 30.3 Å². The second-order valence-corrected chi connectivity index (χ2v) is 8.74. The van der Waals surface area contributed by atoms with Gasteiger partial charge in [0.1, 0.15) is 0 Å². The Morgan fingerprint density at radius 1 is 1.11 bits per heavy atom. The van der Waals surface area contributed by atoms with Crippen molar-refractivity contribution in [1.82, 2.24) is 14.7 Å². The zero-order valence-corrected chi connectivity index (χ0v) is 16.6. The topological polar surface area (TPSA) is 43.9 Å². The Labute approximate surface area is 162 Å². The Bertz CT molecular complexity index is 689. The monoisotopic (exact) mass is 369 g/mol. The zero-order chi connectivity index (χ0) is 19.0. The number of hydrogen-bond donors (Lipinski definition) is 0. The summed E-state index contributed by atoms with van der Waals surface area (Å²) in [5.74, 6) is 0.562. The fourth-order valence-electron chi connectivity index (χ4n) is 5.44. The fourth-order valence-corrected chi connectivity index (χ4v) is 5.44. The van der Waals surface area contributed by atoms with Crippen LogP contribution in [-0.2, 0) is 9.59 Å². The highest BCUT2D eigenvalue weighted by Gasteiger charge is 2.63. The van der Waals surface area contributed by atoms with Crippen LogP contribution in [0.4, 0.5) is 0 Å².